The number of imidazole rings is 1. The lowest BCUT2D eigenvalue weighted by Gasteiger charge is -2.37. The number of aryl methyl sites for hydroxylation is 1. The molecule has 1 aliphatic heterocycles. The molecule has 1 aliphatic carbocycles. The lowest BCUT2D eigenvalue weighted by atomic mass is 9.69. The van der Waals surface area contributed by atoms with Crippen molar-refractivity contribution in [1.82, 2.24) is 14.9 Å². The molecule has 1 aromatic heterocycles. The van der Waals surface area contributed by atoms with E-state index in [1.54, 1.807) is 0 Å². The van der Waals surface area contributed by atoms with Crippen LogP contribution < -0.4 is 5.32 Å². The maximum absolute atomic E-state index is 11.9. The van der Waals surface area contributed by atoms with Crippen molar-refractivity contribution in [1.29, 1.82) is 0 Å². The Kier molecular flexibility index (Phi) is 5.82. The minimum absolute atomic E-state index is 0.0221. The van der Waals surface area contributed by atoms with Gasteiger partial charge < -0.3 is 14.6 Å². The molecule has 2 aliphatic rings. The van der Waals surface area contributed by atoms with E-state index in [2.05, 4.69) is 34.9 Å². The molecule has 5 nitrogen and oxygen atoms in total. The van der Waals surface area contributed by atoms with E-state index >= 15 is 0 Å². The van der Waals surface area contributed by atoms with Crippen molar-refractivity contribution in [3.05, 3.63) is 18.2 Å². The highest BCUT2D eigenvalue weighted by molar-refractivity contribution is 5.81. The van der Waals surface area contributed by atoms with Crippen molar-refractivity contribution < 1.29 is 9.53 Å². The summed E-state index contributed by atoms with van der Waals surface area (Å²) in [5.74, 6) is 0.830. The van der Waals surface area contributed by atoms with Gasteiger partial charge in [-0.15, -0.1) is 0 Å². The van der Waals surface area contributed by atoms with Gasteiger partial charge in [-0.3, -0.25) is 4.79 Å². The number of rotatable bonds is 6. The Morgan fingerprint density at radius 2 is 2.08 bits per heavy atom. The van der Waals surface area contributed by atoms with Crippen LogP contribution in [0.3, 0.4) is 0 Å². The molecule has 1 saturated carbocycles. The van der Waals surface area contributed by atoms with Crippen molar-refractivity contribution in [3.8, 4) is 0 Å². The van der Waals surface area contributed by atoms with Gasteiger partial charge >= 0.3 is 0 Å². The van der Waals surface area contributed by atoms with Crippen LogP contribution in [0.1, 0.15) is 65.0 Å². The van der Waals surface area contributed by atoms with Gasteiger partial charge in [0.25, 0.3) is 0 Å². The summed E-state index contributed by atoms with van der Waals surface area (Å²) in [7, 11) is 0. The number of morpholine rings is 1. The first-order valence-corrected chi connectivity index (χ1v) is 9.88. The van der Waals surface area contributed by atoms with Gasteiger partial charge in [0.1, 0.15) is 6.10 Å². The fraction of sp³-hybridized carbons (Fsp3) is 0.800. The molecule has 0 spiro atoms. The predicted octanol–water partition coefficient (Wildman–Crippen LogP) is 3.33. The number of carbonyl (C=O) groups excluding carboxylic acids is 1. The topological polar surface area (TPSA) is 56.2 Å². The fourth-order valence-electron chi connectivity index (χ4n) is 4.22. The lowest BCUT2D eigenvalue weighted by Crippen LogP contribution is -2.49. The van der Waals surface area contributed by atoms with Gasteiger partial charge in [-0.1, -0.05) is 33.1 Å². The molecule has 0 bridgehead atoms. The van der Waals surface area contributed by atoms with Gasteiger partial charge in [0.2, 0.25) is 5.91 Å². The molecule has 25 heavy (non-hydrogen) atoms. The van der Waals surface area contributed by atoms with Gasteiger partial charge in [-0.05, 0) is 37.5 Å². The number of hydrogen-bond acceptors (Lipinski definition) is 3. The van der Waals surface area contributed by atoms with Crippen molar-refractivity contribution in [2.45, 2.75) is 84.5 Å². The van der Waals surface area contributed by atoms with Crippen molar-refractivity contribution in [2.24, 2.45) is 11.3 Å². The molecular formula is C20H33N3O2. The fourth-order valence-corrected chi connectivity index (χ4v) is 4.22. The lowest BCUT2D eigenvalue weighted by molar-refractivity contribution is -0.143. The first kappa shape index (κ1) is 18.4. The van der Waals surface area contributed by atoms with E-state index < -0.39 is 6.10 Å². The van der Waals surface area contributed by atoms with Crippen LogP contribution in [0, 0.1) is 11.3 Å². The normalized spacial score (nSPS) is 25.8. The van der Waals surface area contributed by atoms with E-state index in [1.807, 2.05) is 13.3 Å². The van der Waals surface area contributed by atoms with Crippen LogP contribution in [0.25, 0.3) is 0 Å². The summed E-state index contributed by atoms with van der Waals surface area (Å²) >= 11 is 0. The SMILES string of the molecule is C[C@@H]1CNC(=O)[C@H](Cc2cn(CCC(C)(C)C3CCCCC3)cn2)O1. The van der Waals surface area contributed by atoms with Crippen LogP contribution in [0.5, 0.6) is 0 Å². The van der Waals surface area contributed by atoms with Gasteiger partial charge in [-0.25, -0.2) is 4.98 Å². The Morgan fingerprint density at radius 3 is 2.84 bits per heavy atom. The zero-order valence-electron chi connectivity index (χ0n) is 16.0. The minimum Gasteiger partial charge on any atom is -0.363 e. The molecule has 5 heteroatoms. The highest BCUT2D eigenvalue weighted by atomic mass is 16.5. The standard InChI is InChI=1S/C20H33N3O2/c1-15-12-21-19(24)18(25-15)11-17-13-23(14-22-17)10-9-20(2,3)16-7-5-4-6-8-16/h13-16,18H,4-12H2,1-3H3,(H,21,24)/t15-,18+/m1/s1. The molecule has 2 atom stereocenters. The zero-order valence-corrected chi connectivity index (χ0v) is 16.0. The second kappa shape index (κ2) is 7.90. The van der Waals surface area contributed by atoms with Gasteiger partial charge in [-0.2, -0.15) is 0 Å². The van der Waals surface area contributed by atoms with Crippen LogP contribution in [0.15, 0.2) is 12.5 Å². The third-order valence-electron chi connectivity index (χ3n) is 6.06. The molecule has 1 saturated heterocycles. The Labute approximate surface area is 151 Å². The predicted molar refractivity (Wildman–Crippen MR) is 98.2 cm³/mol. The molecule has 0 aromatic carbocycles. The van der Waals surface area contributed by atoms with Gasteiger partial charge in [0.05, 0.1) is 18.1 Å². The number of nitrogens with one attached hydrogen (secondary N) is 1. The van der Waals surface area contributed by atoms with E-state index in [0.29, 0.717) is 18.4 Å². The Morgan fingerprint density at radius 1 is 1.32 bits per heavy atom. The molecule has 140 valence electrons. The summed E-state index contributed by atoms with van der Waals surface area (Å²) in [5, 5.41) is 2.89. The molecule has 1 aromatic rings. The van der Waals surface area contributed by atoms with Crippen LogP contribution in [-0.2, 0) is 22.5 Å². The summed E-state index contributed by atoms with van der Waals surface area (Å²) in [6.45, 7) is 8.41. The molecule has 1 N–H and O–H groups in total. The van der Waals surface area contributed by atoms with Crippen molar-refractivity contribution >= 4 is 5.91 Å². The first-order valence-electron chi connectivity index (χ1n) is 9.88. The highest BCUT2D eigenvalue weighted by Crippen LogP contribution is 2.40. The quantitative estimate of drug-likeness (QED) is 0.859. The Balaban J connectivity index is 1.52. The van der Waals surface area contributed by atoms with E-state index in [1.165, 1.54) is 38.5 Å². The zero-order chi connectivity index (χ0) is 17.9. The first-order chi connectivity index (χ1) is 11.9. The largest absolute Gasteiger partial charge is 0.363 e. The monoisotopic (exact) mass is 347 g/mol. The highest BCUT2D eigenvalue weighted by Gasteiger charge is 2.30. The van der Waals surface area contributed by atoms with Crippen molar-refractivity contribution in [3.63, 3.8) is 0 Å². The van der Waals surface area contributed by atoms with Crippen LogP contribution in [0.2, 0.25) is 0 Å². The summed E-state index contributed by atoms with van der Waals surface area (Å²) in [6, 6.07) is 0. The number of hydrogen-bond donors (Lipinski definition) is 1. The number of ether oxygens (including phenoxy) is 1. The third-order valence-corrected chi connectivity index (χ3v) is 6.06. The number of carbonyl (C=O) groups is 1. The number of nitrogens with zero attached hydrogens (tertiary/aromatic N) is 2. The average Bonchev–Trinajstić information content (AvgIpc) is 3.05. The summed E-state index contributed by atoms with van der Waals surface area (Å²) in [5.41, 5.74) is 1.32. The van der Waals surface area contributed by atoms with E-state index in [0.717, 1.165) is 18.2 Å². The molecule has 0 radical (unpaired) electrons. The molecule has 3 rings (SSSR count). The second-order valence-corrected chi connectivity index (χ2v) is 8.56. The minimum atomic E-state index is -0.411. The summed E-state index contributed by atoms with van der Waals surface area (Å²) in [4.78, 5) is 16.4. The molecular weight excluding hydrogens is 314 g/mol. The van der Waals surface area contributed by atoms with Crippen LogP contribution in [0.4, 0.5) is 0 Å². The number of amides is 1. The molecule has 1 amide bonds. The van der Waals surface area contributed by atoms with Gasteiger partial charge in [0.15, 0.2) is 0 Å². The smallest absolute Gasteiger partial charge is 0.249 e. The average molecular weight is 348 g/mol. The molecule has 0 unspecified atom stereocenters. The van der Waals surface area contributed by atoms with E-state index in [9.17, 15) is 4.79 Å². The van der Waals surface area contributed by atoms with E-state index in [4.69, 9.17) is 4.74 Å². The second-order valence-electron chi connectivity index (χ2n) is 8.56. The van der Waals surface area contributed by atoms with E-state index in [-0.39, 0.29) is 12.0 Å². The maximum Gasteiger partial charge on any atom is 0.249 e. The Hall–Kier alpha value is -1.36. The summed E-state index contributed by atoms with van der Waals surface area (Å²) < 4.78 is 7.91. The Bertz CT molecular complexity index is 575. The summed E-state index contributed by atoms with van der Waals surface area (Å²) in [6.07, 6.45) is 12.3. The number of aromatic nitrogens is 2. The van der Waals surface area contributed by atoms with Crippen LogP contribution >= 0.6 is 0 Å². The molecule has 2 fully saturated rings. The molecule has 2 heterocycles. The van der Waals surface area contributed by atoms with Gasteiger partial charge in [0, 0.05) is 25.7 Å². The van der Waals surface area contributed by atoms with Crippen molar-refractivity contribution in [2.75, 3.05) is 6.54 Å². The third kappa shape index (κ3) is 4.84. The maximum atomic E-state index is 11.9. The van der Waals surface area contributed by atoms with Crippen LogP contribution in [-0.4, -0.2) is 34.2 Å².